The normalized spacial score (nSPS) is 12.1. The van der Waals surface area contributed by atoms with Crippen LogP contribution in [0.25, 0.3) is 82.5 Å². The van der Waals surface area contributed by atoms with Crippen molar-refractivity contribution < 1.29 is 8.42 Å². The van der Waals surface area contributed by atoms with E-state index in [1.807, 2.05) is 24.3 Å². The average molecular weight is 739 g/mol. The molecule has 0 saturated carbocycles. The molecule has 6 nitrogen and oxygen atoms in total. The number of fused-ring (bicyclic) bond motifs is 10. The van der Waals surface area contributed by atoms with Crippen LogP contribution in [-0.2, 0) is 9.84 Å². The Morgan fingerprint density at radius 2 is 0.875 bits per heavy atom. The number of nitriles is 1. The molecule has 0 bridgehead atoms. The molecule has 0 amide bonds. The molecule has 0 spiro atoms. The van der Waals surface area contributed by atoms with Crippen LogP contribution < -0.4 is 0 Å². The Bertz CT molecular complexity index is 3520. The van der Waals surface area contributed by atoms with Crippen LogP contribution in [0.2, 0.25) is 0 Å². The van der Waals surface area contributed by atoms with Gasteiger partial charge in [0.1, 0.15) is 0 Å². The summed E-state index contributed by atoms with van der Waals surface area (Å²) >= 11 is 0. The minimum absolute atomic E-state index is 0.147. The van der Waals surface area contributed by atoms with Crippen molar-refractivity contribution in [3.63, 3.8) is 0 Å². The van der Waals surface area contributed by atoms with E-state index >= 15 is 0 Å². The zero-order chi connectivity index (χ0) is 37.5. The second kappa shape index (κ2) is 12.1. The molecule has 3 heterocycles. The van der Waals surface area contributed by atoms with Crippen LogP contribution in [0, 0.1) is 11.3 Å². The minimum Gasteiger partial charge on any atom is -0.309 e. The van der Waals surface area contributed by atoms with E-state index in [0.29, 0.717) is 5.56 Å². The zero-order valence-electron chi connectivity index (χ0n) is 29.8. The number of hydrogen-bond donors (Lipinski definition) is 0. The van der Waals surface area contributed by atoms with Crippen molar-refractivity contribution in [3.8, 4) is 23.1 Å². The summed E-state index contributed by atoms with van der Waals surface area (Å²) in [6.45, 7) is 0. The van der Waals surface area contributed by atoms with Gasteiger partial charge in [0.25, 0.3) is 0 Å². The van der Waals surface area contributed by atoms with Gasteiger partial charge in [-0.1, -0.05) is 78.9 Å². The first-order valence-corrected chi connectivity index (χ1v) is 19.9. The number of sulfone groups is 1. The Hall–Kier alpha value is -7.40. The van der Waals surface area contributed by atoms with E-state index in [-0.39, 0.29) is 9.79 Å². The molecule has 264 valence electrons. The third-order valence-electron chi connectivity index (χ3n) is 11.1. The van der Waals surface area contributed by atoms with Crippen LogP contribution in [0.1, 0.15) is 5.56 Å². The van der Waals surface area contributed by atoms with Crippen LogP contribution in [0.4, 0.5) is 0 Å². The van der Waals surface area contributed by atoms with Crippen molar-refractivity contribution >= 4 is 75.3 Å². The standard InChI is InChI=1S/C49H30N4O2S/c50-31-32-19-23-36(24-20-32)56(54,55)37-25-21-35(22-26-37)53-47-29-41-38-15-7-9-17-43(38)52(34-13-5-2-6-14-34)46(41)30-42(47)39-27-28-45-48(49(39)53)40-16-8-10-18-44(40)51(45)33-11-3-1-4-12-33/h1-30H. The zero-order valence-corrected chi connectivity index (χ0v) is 30.7. The fourth-order valence-corrected chi connectivity index (χ4v) is 9.88. The molecule has 3 aromatic heterocycles. The van der Waals surface area contributed by atoms with Gasteiger partial charge < -0.3 is 13.7 Å². The lowest BCUT2D eigenvalue weighted by atomic mass is 10.1. The summed E-state index contributed by atoms with van der Waals surface area (Å²) < 4.78 is 34.6. The summed E-state index contributed by atoms with van der Waals surface area (Å²) in [6.07, 6.45) is 0. The molecule has 0 saturated heterocycles. The van der Waals surface area contributed by atoms with Crippen molar-refractivity contribution in [2.75, 3.05) is 0 Å². The number of benzene rings is 8. The Morgan fingerprint density at radius 1 is 0.393 bits per heavy atom. The summed E-state index contributed by atoms with van der Waals surface area (Å²) in [5, 5.41) is 16.0. The van der Waals surface area contributed by atoms with Gasteiger partial charge in [-0.05, 0) is 103 Å². The lowest BCUT2D eigenvalue weighted by Gasteiger charge is -2.12. The predicted molar refractivity (Wildman–Crippen MR) is 226 cm³/mol. The first kappa shape index (κ1) is 32.1. The highest BCUT2D eigenvalue weighted by Crippen LogP contribution is 2.44. The quantitative estimate of drug-likeness (QED) is 0.176. The molecule has 0 N–H and O–H groups in total. The molecule has 0 atom stereocenters. The van der Waals surface area contributed by atoms with Gasteiger partial charge in [0.05, 0.1) is 54.5 Å². The number of nitrogens with zero attached hydrogens (tertiary/aromatic N) is 4. The lowest BCUT2D eigenvalue weighted by molar-refractivity contribution is 0.596. The minimum atomic E-state index is -3.83. The lowest BCUT2D eigenvalue weighted by Crippen LogP contribution is -2.03. The molecule has 7 heteroatoms. The van der Waals surface area contributed by atoms with Gasteiger partial charge in [-0.2, -0.15) is 5.26 Å². The smallest absolute Gasteiger partial charge is 0.206 e. The molecular formula is C49H30N4O2S. The first-order valence-electron chi connectivity index (χ1n) is 18.4. The van der Waals surface area contributed by atoms with Gasteiger partial charge >= 0.3 is 0 Å². The van der Waals surface area contributed by atoms with E-state index in [1.54, 1.807) is 12.1 Å². The van der Waals surface area contributed by atoms with Crippen molar-refractivity contribution in [1.29, 1.82) is 5.26 Å². The van der Waals surface area contributed by atoms with E-state index in [9.17, 15) is 13.7 Å². The molecule has 0 aliphatic rings. The number of aromatic nitrogens is 3. The predicted octanol–water partition coefficient (Wildman–Crippen LogP) is 11.7. The molecule has 0 unspecified atom stereocenters. The number of para-hydroxylation sites is 4. The summed E-state index contributed by atoms with van der Waals surface area (Å²) in [6, 6.07) is 62.4. The Labute approximate surface area is 321 Å². The van der Waals surface area contributed by atoms with Crippen LogP contribution in [0.15, 0.2) is 192 Å². The maximum Gasteiger partial charge on any atom is 0.206 e. The topological polar surface area (TPSA) is 72.7 Å². The molecule has 0 radical (unpaired) electrons. The third-order valence-corrected chi connectivity index (χ3v) is 12.9. The Balaban J connectivity index is 1.26. The second-order valence-corrected chi connectivity index (χ2v) is 16.0. The monoisotopic (exact) mass is 738 g/mol. The maximum atomic E-state index is 13.8. The van der Waals surface area contributed by atoms with Gasteiger partial charge in [-0.15, -0.1) is 0 Å². The molecule has 8 aromatic carbocycles. The molecule has 11 rings (SSSR count). The highest BCUT2D eigenvalue weighted by atomic mass is 32.2. The number of rotatable bonds is 5. The molecule has 0 fully saturated rings. The van der Waals surface area contributed by atoms with Crippen molar-refractivity contribution in [1.82, 2.24) is 13.7 Å². The highest BCUT2D eigenvalue weighted by Gasteiger charge is 2.24. The van der Waals surface area contributed by atoms with Crippen molar-refractivity contribution in [2.45, 2.75) is 9.79 Å². The van der Waals surface area contributed by atoms with E-state index < -0.39 is 9.84 Å². The summed E-state index contributed by atoms with van der Waals surface area (Å²) in [4.78, 5) is 0.333. The van der Waals surface area contributed by atoms with Crippen LogP contribution in [-0.4, -0.2) is 22.1 Å². The van der Waals surface area contributed by atoms with E-state index in [2.05, 4.69) is 141 Å². The van der Waals surface area contributed by atoms with Crippen molar-refractivity contribution in [3.05, 3.63) is 188 Å². The number of hydrogen-bond acceptors (Lipinski definition) is 3. The maximum absolute atomic E-state index is 13.8. The average Bonchev–Trinajstić information content (AvgIpc) is 3.88. The van der Waals surface area contributed by atoms with E-state index in [0.717, 1.165) is 82.5 Å². The largest absolute Gasteiger partial charge is 0.309 e. The van der Waals surface area contributed by atoms with Gasteiger partial charge in [0, 0.05) is 49.4 Å². The molecule has 11 aromatic rings. The van der Waals surface area contributed by atoms with Gasteiger partial charge in [0.15, 0.2) is 0 Å². The fraction of sp³-hybridized carbons (Fsp3) is 0. The molecular weight excluding hydrogens is 709 g/mol. The van der Waals surface area contributed by atoms with Crippen LogP contribution in [0.5, 0.6) is 0 Å². The van der Waals surface area contributed by atoms with Crippen LogP contribution >= 0.6 is 0 Å². The van der Waals surface area contributed by atoms with Gasteiger partial charge in [-0.25, -0.2) is 8.42 Å². The SMILES string of the molecule is N#Cc1ccc(S(=O)(=O)c2ccc(-n3c4cc5c6ccccc6n(-c6ccccc6)c5cc4c4ccc5c(c6ccccc6n5-c5ccccc5)c43)cc2)cc1. The summed E-state index contributed by atoms with van der Waals surface area (Å²) in [7, 11) is -3.83. The second-order valence-electron chi connectivity index (χ2n) is 14.1. The molecule has 0 aliphatic carbocycles. The van der Waals surface area contributed by atoms with Gasteiger partial charge in [0.2, 0.25) is 9.84 Å². The molecule has 56 heavy (non-hydrogen) atoms. The van der Waals surface area contributed by atoms with Gasteiger partial charge in [-0.3, -0.25) is 0 Å². The Morgan fingerprint density at radius 3 is 1.50 bits per heavy atom. The third kappa shape index (κ3) is 4.57. The Kier molecular flexibility index (Phi) is 6.90. The summed E-state index contributed by atoms with van der Waals surface area (Å²) in [5.74, 6) is 0. The fourth-order valence-electron chi connectivity index (χ4n) is 8.61. The van der Waals surface area contributed by atoms with Crippen molar-refractivity contribution in [2.24, 2.45) is 0 Å². The highest BCUT2D eigenvalue weighted by molar-refractivity contribution is 7.91. The van der Waals surface area contributed by atoms with E-state index in [4.69, 9.17) is 0 Å². The van der Waals surface area contributed by atoms with E-state index in [1.165, 1.54) is 24.3 Å². The van der Waals surface area contributed by atoms with Crippen LogP contribution in [0.3, 0.4) is 0 Å². The molecule has 0 aliphatic heterocycles. The first-order chi connectivity index (χ1) is 27.5. The summed E-state index contributed by atoms with van der Waals surface area (Å²) in [5.41, 5.74) is 9.92.